The van der Waals surface area contributed by atoms with Crippen LogP contribution in [-0.2, 0) is 4.79 Å². The predicted octanol–water partition coefficient (Wildman–Crippen LogP) is 2.19. The van der Waals surface area contributed by atoms with Gasteiger partial charge in [-0.25, -0.2) is 8.78 Å². The lowest BCUT2D eigenvalue weighted by Crippen LogP contribution is -2.44. The number of anilines is 1. The smallest absolute Gasteiger partial charge is 0.223 e. The molecule has 6 nitrogen and oxygen atoms in total. The van der Waals surface area contributed by atoms with Crippen molar-refractivity contribution in [2.24, 2.45) is 4.99 Å². The molecule has 152 valence electrons. The van der Waals surface area contributed by atoms with Gasteiger partial charge < -0.3 is 20.4 Å². The Hall–Kier alpha value is -1.65. The Bertz CT molecular complexity index is 657. The van der Waals surface area contributed by atoms with Gasteiger partial charge in [-0.1, -0.05) is 0 Å². The zero-order chi connectivity index (χ0) is 19.1. The van der Waals surface area contributed by atoms with Crippen LogP contribution in [0.1, 0.15) is 19.8 Å². The van der Waals surface area contributed by atoms with E-state index in [0.29, 0.717) is 44.2 Å². The van der Waals surface area contributed by atoms with Crippen LogP contribution in [-0.4, -0.2) is 63.1 Å². The standard InChI is InChI=1S/C18H27F2N5O.HI/c1-4-21-18(22-9-7-17(26)24(2)3)23-14-8-10-25(12-14)16-6-5-13(19)11-15(16)20;/h5-6,11,14H,4,7-10,12H2,1-3H3,(H2,21,22,23);1H. The molecule has 0 saturated carbocycles. The molecule has 1 aromatic rings. The van der Waals surface area contributed by atoms with Gasteiger partial charge in [-0.15, -0.1) is 24.0 Å². The van der Waals surface area contributed by atoms with E-state index >= 15 is 0 Å². The number of halogens is 3. The zero-order valence-electron chi connectivity index (χ0n) is 16.0. The van der Waals surface area contributed by atoms with E-state index in [9.17, 15) is 13.6 Å². The molecule has 1 unspecified atom stereocenters. The number of guanidine groups is 1. The fourth-order valence-electron chi connectivity index (χ4n) is 2.83. The highest BCUT2D eigenvalue weighted by Crippen LogP contribution is 2.24. The SMILES string of the molecule is CCNC(=NCCC(=O)N(C)C)NC1CCN(c2ccc(F)cc2F)C1.I. The first kappa shape index (κ1) is 23.4. The summed E-state index contributed by atoms with van der Waals surface area (Å²) < 4.78 is 27.0. The van der Waals surface area contributed by atoms with Crippen LogP contribution in [0.25, 0.3) is 0 Å². The molecule has 1 heterocycles. The zero-order valence-corrected chi connectivity index (χ0v) is 18.3. The summed E-state index contributed by atoms with van der Waals surface area (Å²) in [5.74, 6) is -0.448. The molecule has 1 fully saturated rings. The Labute approximate surface area is 176 Å². The van der Waals surface area contributed by atoms with Crippen LogP contribution < -0.4 is 15.5 Å². The van der Waals surface area contributed by atoms with Crippen molar-refractivity contribution < 1.29 is 13.6 Å². The van der Waals surface area contributed by atoms with Crippen molar-refractivity contribution in [1.29, 1.82) is 0 Å². The second-order valence-electron chi connectivity index (χ2n) is 6.47. The molecule has 1 amide bonds. The van der Waals surface area contributed by atoms with Gasteiger partial charge in [0.05, 0.1) is 12.2 Å². The molecule has 2 N–H and O–H groups in total. The predicted molar refractivity (Wildman–Crippen MR) is 115 cm³/mol. The molecule has 0 aromatic heterocycles. The summed E-state index contributed by atoms with van der Waals surface area (Å²) in [4.78, 5) is 19.5. The number of hydrogen-bond acceptors (Lipinski definition) is 3. The van der Waals surface area contributed by atoms with Crippen molar-refractivity contribution in [3.8, 4) is 0 Å². The summed E-state index contributed by atoms with van der Waals surface area (Å²) in [5, 5.41) is 6.48. The second kappa shape index (κ2) is 11.3. The largest absolute Gasteiger partial charge is 0.367 e. The fraction of sp³-hybridized carbons (Fsp3) is 0.556. The fourth-order valence-corrected chi connectivity index (χ4v) is 2.83. The van der Waals surface area contributed by atoms with E-state index in [1.165, 1.54) is 12.1 Å². The van der Waals surface area contributed by atoms with Crippen molar-refractivity contribution in [2.75, 3.05) is 45.2 Å². The van der Waals surface area contributed by atoms with Crippen LogP contribution in [0.5, 0.6) is 0 Å². The molecule has 0 aliphatic carbocycles. The molecule has 0 radical (unpaired) electrons. The van der Waals surface area contributed by atoms with Gasteiger partial charge in [-0.3, -0.25) is 9.79 Å². The van der Waals surface area contributed by atoms with Gasteiger partial charge in [0, 0.05) is 52.3 Å². The molecule has 0 bridgehead atoms. The quantitative estimate of drug-likeness (QED) is 0.361. The minimum absolute atomic E-state index is 0. The van der Waals surface area contributed by atoms with E-state index in [0.717, 1.165) is 12.5 Å². The molecular weight excluding hydrogens is 467 g/mol. The third-order valence-electron chi connectivity index (χ3n) is 4.22. The Balaban J connectivity index is 0.00000364. The van der Waals surface area contributed by atoms with Crippen molar-refractivity contribution in [3.63, 3.8) is 0 Å². The lowest BCUT2D eigenvalue weighted by Gasteiger charge is -2.21. The van der Waals surface area contributed by atoms with Crippen LogP contribution in [0.3, 0.4) is 0 Å². The monoisotopic (exact) mass is 495 g/mol. The number of aliphatic imine (C=N–C) groups is 1. The first-order valence-corrected chi connectivity index (χ1v) is 8.85. The summed E-state index contributed by atoms with van der Waals surface area (Å²) in [6.07, 6.45) is 1.17. The van der Waals surface area contributed by atoms with Crippen LogP contribution in [0.15, 0.2) is 23.2 Å². The second-order valence-corrected chi connectivity index (χ2v) is 6.47. The van der Waals surface area contributed by atoms with E-state index in [2.05, 4.69) is 15.6 Å². The number of carbonyl (C=O) groups is 1. The van der Waals surface area contributed by atoms with Gasteiger partial charge in [0.15, 0.2) is 5.96 Å². The van der Waals surface area contributed by atoms with Gasteiger partial charge in [0.1, 0.15) is 11.6 Å². The lowest BCUT2D eigenvalue weighted by atomic mass is 10.2. The van der Waals surface area contributed by atoms with Crippen LogP contribution >= 0.6 is 24.0 Å². The summed E-state index contributed by atoms with van der Waals surface area (Å²) in [5.41, 5.74) is 0.411. The number of benzene rings is 1. The lowest BCUT2D eigenvalue weighted by molar-refractivity contribution is -0.128. The van der Waals surface area contributed by atoms with Crippen molar-refractivity contribution in [1.82, 2.24) is 15.5 Å². The molecule has 27 heavy (non-hydrogen) atoms. The molecule has 1 atom stereocenters. The van der Waals surface area contributed by atoms with E-state index in [1.54, 1.807) is 19.0 Å². The van der Waals surface area contributed by atoms with Gasteiger partial charge in [0.2, 0.25) is 5.91 Å². The maximum absolute atomic E-state index is 13.9. The summed E-state index contributed by atoms with van der Waals surface area (Å²) >= 11 is 0. The Morgan fingerprint density at radius 3 is 2.74 bits per heavy atom. The molecule has 1 aliphatic rings. The number of nitrogens with one attached hydrogen (secondary N) is 2. The number of amides is 1. The minimum Gasteiger partial charge on any atom is -0.367 e. The van der Waals surface area contributed by atoms with Crippen LogP contribution in [0, 0.1) is 11.6 Å². The molecule has 9 heteroatoms. The maximum Gasteiger partial charge on any atom is 0.223 e. The van der Waals surface area contributed by atoms with E-state index in [4.69, 9.17) is 0 Å². The average Bonchev–Trinajstić information content (AvgIpc) is 3.03. The molecule has 2 rings (SSSR count). The number of rotatable bonds is 6. The molecule has 0 spiro atoms. The first-order chi connectivity index (χ1) is 12.4. The van der Waals surface area contributed by atoms with Crippen molar-refractivity contribution in [3.05, 3.63) is 29.8 Å². The van der Waals surface area contributed by atoms with E-state index in [1.807, 2.05) is 11.8 Å². The molecule has 1 aromatic carbocycles. The van der Waals surface area contributed by atoms with Gasteiger partial charge in [-0.05, 0) is 25.5 Å². The maximum atomic E-state index is 13.9. The molecule has 1 aliphatic heterocycles. The van der Waals surface area contributed by atoms with Gasteiger partial charge >= 0.3 is 0 Å². The third-order valence-corrected chi connectivity index (χ3v) is 4.22. The Morgan fingerprint density at radius 2 is 2.11 bits per heavy atom. The van der Waals surface area contributed by atoms with Crippen molar-refractivity contribution in [2.45, 2.75) is 25.8 Å². The number of hydrogen-bond donors (Lipinski definition) is 2. The molecular formula is C18H28F2IN5O. The van der Waals surface area contributed by atoms with Crippen LogP contribution in [0.4, 0.5) is 14.5 Å². The van der Waals surface area contributed by atoms with Gasteiger partial charge in [-0.2, -0.15) is 0 Å². The van der Waals surface area contributed by atoms with E-state index < -0.39 is 11.6 Å². The summed E-state index contributed by atoms with van der Waals surface area (Å²) in [7, 11) is 3.44. The number of nitrogens with zero attached hydrogens (tertiary/aromatic N) is 3. The minimum atomic E-state index is -0.575. The summed E-state index contributed by atoms with van der Waals surface area (Å²) in [6.45, 7) is 4.35. The van der Waals surface area contributed by atoms with Gasteiger partial charge in [0.25, 0.3) is 0 Å². The Kier molecular flexibility index (Phi) is 9.75. The highest BCUT2D eigenvalue weighted by Gasteiger charge is 2.25. The molecule has 1 saturated heterocycles. The Morgan fingerprint density at radius 1 is 1.37 bits per heavy atom. The van der Waals surface area contributed by atoms with Crippen LogP contribution in [0.2, 0.25) is 0 Å². The topological polar surface area (TPSA) is 60.0 Å². The highest BCUT2D eigenvalue weighted by atomic mass is 127. The first-order valence-electron chi connectivity index (χ1n) is 8.85. The van der Waals surface area contributed by atoms with E-state index in [-0.39, 0.29) is 35.9 Å². The normalized spacial score (nSPS) is 16.7. The third kappa shape index (κ3) is 7.11. The van der Waals surface area contributed by atoms with Crippen molar-refractivity contribution >= 4 is 41.5 Å². The highest BCUT2D eigenvalue weighted by molar-refractivity contribution is 14.0. The average molecular weight is 495 g/mol. The number of carbonyl (C=O) groups excluding carboxylic acids is 1. The summed E-state index contributed by atoms with van der Waals surface area (Å²) in [6, 6.07) is 3.75.